The Hall–Kier alpha value is -2.02. The summed E-state index contributed by atoms with van der Waals surface area (Å²) in [6.45, 7) is 0.407. The predicted octanol–water partition coefficient (Wildman–Crippen LogP) is 2.76. The van der Waals surface area contributed by atoms with Crippen LogP contribution in [0.3, 0.4) is 0 Å². The van der Waals surface area contributed by atoms with Gasteiger partial charge in [-0.2, -0.15) is 0 Å². The monoisotopic (exact) mass is 308 g/mol. The van der Waals surface area contributed by atoms with Crippen molar-refractivity contribution in [2.24, 2.45) is 0 Å². The standard InChI is InChI=1S/C11H9BrN4O2/c12-9-6-13-7-10(16(17)18)11(9)15-5-8-3-1-2-4-14-8/h1-4,6-7H,5H2,(H,13,15). The van der Waals surface area contributed by atoms with Gasteiger partial charge in [0.1, 0.15) is 11.9 Å². The van der Waals surface area contributed by atoms with E-state index in [4.69, 9.17) is 0 Å². The average Bonchev–Trinajstić information content (AvgIpc) is 2.38. The summed E-state index contributed by atoms with van der Waals surface area (Å²) in [7, 11) is 0. The van der Waals surface area contributed by atoms with Gasteiger partial charge in [0, 0.05) is 12.4 Å². The van der Waals surface area contributed by atoms with Crippen LogP contribution in [0, 0.1) is 10.1 Å². The summed E-state index contributed by atoms with van der Waals surface area (Å²) in [6.07, 6.45) is 4.40. The van der Waals surface area contributed by atoms with Crippen molar-refractivity contribution >= 4 is 27.3 Å². The van der Waals surface area contributed by atoms with Crippen molar-refractivity contribution in [3.05, 3.63) is 57.1 Å². The van der Waals surface area contributed by atoms with E-state index in [0.717, 1.165) is 5.69 Å². The van der Waals surface area contributed by atoms with Gasteiger partial charge in [-0.15, -0.1) is 0 Å². The first-order chi connectivity index (χ1) is 8.68. The second kappa shape index (κ2) is 5.54. The third kappa shape index (κ3) is 2.80. The Labute approximate surface area is 111 Å². The normalized spacial score (nSPS) is 10.1. The van der Waals surface area contributed by atoms with Gasteiger partial charge in [0.05, 0.1) is 21.6 Å². The number of halogens is 1. The summed E-state index contributed by atoms with van der Waals surface area (Å²) in [5.74, 6) is 0. The topological polar surface area (TPSA) is 81.0 Å². The first-order valence-electron chi connectivity index (χ1n) is 5.10. The molecule has 0 bridgehead atoms. The Morgan fingerprint density at radius 3 is 2.89 bits per heavy atom. The molecule has 2 aromatic rings. The molecule has 0 radical (unpaired) electrons. The maximum Gasteiger partial charge on any atom is 0.311 e. The molecule has 2 rings (SSSR count). The lowest BCUT2D eigenvalue weighted by Crippen LogP contribution is -2.05. The summed E-state index contributed by atoms with van der Waals surface area (Å²) in [4.78, 5) is 18.3. The van der Waals surface area contributed by atoms with E-state index in [2.05, 4.69) is 31.2 Å². The number of nitrogens with one attached hydrogen (secondary N) is 1. The molecule has 0 aromatic carbocycles. The average molecular weight is 309 g/mol. The van der Waals surface area contributed by atoms with Crippen LogP contribution in [0.25, 0.3) is 0 Å². The molecule has 7 heteroatoms. The number of nitro groups is 1. The second-order valence-corrected chi connectivity index (χ2v) is 4.30. The van der Waals surface area contributed by atoms with Gasteiger partial charge in [0.25, 0.3) is 0 Å². The zero-order chi connectivity index (χ0) is 13.0. The first-order valence-corrected chi connectivity index (χ1v) is 5.89. The van der Waals surface area contributed by atoms with Gasteiger partial charge in [-0.3, -0.25) is 20.1 Å². The van der Waals surface area contributed by atoms with Crippen LogP contribution in [0.4, 0.5) is 11.4 Å². The highest BCUT2D eigenvalue weighted by atomic mass is 79.9. The SMILES string of the molecule is O=[N+]([O-])c1cncc(Br)c1NCc1ccccn1. The number of nitrogens with zero attached hydrogens (tertiary/aromatic N) is 3. The summed E-state index contributed by atoms with van der Waals surface area (Å²) >= 11 is 3.24. The summed E-state index contributed by atoms with van der Waals surface area (Å²) < 4.78 is 0.549. The van der Waals surface area contributed by atoms with Crippen LogP contribution in [0.5, 0.6) is 0 Å². The van der Waals surface area contributed by atoms with Gasteiger partial charge in [-0.25, -0.2) is 0 Å². The van der Waals surface area contributed by atoms with E-state index in [1.807, 2.05) is 18.2 Å². The lowest BCUT2D eigenvalue weighted by molar-refractivity contribution is -0.384. The predicted molar refractivity (Wildman–Crippen MR) is 70.2 cm³/mol. The molecule has 6 nitrogen and oxygen atoms in total. The minimum Gasteiger partial charge on any atom is -0.373 e. The molecule has 0 aliphatic carbocycles. The molecule has 0 fully saturated rings. The number of hydrogen-bond donors (Lipinski definition) is 1. The number of anilines is 1. The van der Waals surface area contributed by atoms with E-state index in [9.17, 15) is 10.1 Å². The Kier molecular flexibility index (Phi) is 3.83. The largest absolute Gasteiger partial charge is 0.373 e. The molecular weight excluding hydrogens is 300 g/mol. The number of hydrogen-bond acceptors (Lipinski definition) is 5. The van der Waals surface area contributed by atoms with Crippen molar-refractivity contribution in [3.8, 4) is 0 Å². The maximum atomic E-state index is 10.9. The van der Waals surface area contributed by atoms with Crippen molar-refractivity contribution in [1.82, 2.24) is 9.97 Å². The maximum absolute atomic E-state index is 10.9. The summed E-state index contributed by atoms with van der Waals surface area (Å²) in [5, 5.41) is 13.9. The van der Waals surface area contributed by atoms with Crippen molar-refractivity contribution in [2.45, 2.75) is 6.54 Å². The van der Waals surface area contributed by atoms with Crippen LogP contribution in [0.2, 0.25) is 0 Å². The van der Waals surface area contributed by atoms with Gasteiger partial charge in [-0.1, -0.05) is 6.07 Å². The van der Waals surface area contributed by atoms with Crippen LogP contribution >= 0.6 is 15.9 Å². The van der Waals surface area contributed by atoms with Crippen molar-refractivity contribution < 1.29 is 4.92 Å². The van der Waals surface area contributed by atoms with Crippen LogP contribution < -0.4 is 5.32 Å². The highest BCUT2D eigenvalue weighted by Gasteiger charge is 2.16. The third-order valence-corrected chi connectivity index (χ3v) is 2.85. The molecule has 18 heavy (non-hydrogen) atoms. The Bertz CT molecular complexity index is 562. The van der Waals surface area contributed by atoms with Gasteiger partial charge in [-0.05, 0) is 28.1 Å². The van der Waals surface area contributed by atoms with Gasteiger partial charge in [0.15, 0.2) is 0 Å². The fourth-order valence-electron chi connectivity index (χ4n) is 1.42. The molecule has 0 aliphatic heterocycles. The van der Waals surface area contributed by atoms with Crippen LogP contribution in [-0.2, 0) is 6.54 Å². The third-order valence-electron chi connectivity index (χ3n) is 2.25. The Morgan fingerprint density at radius 1 is 1.39 bits per heavy atom. The smallest absolute Gasteiger partial charge is 0.311 e. The molecule has 0 atom stereocenters. The van der Waals surface area contributed by atoms with E-state index < -0.39 is 4.92 Å². The van der Waals surface area contributed by atoms with Gasteiger partial charge in [0.2, 0.25) is 0 Å². The fourth-order valence-corrected chi connectivity index (χ4v) is 1.88. The highest BCUT2D eigenvalue weighted by Crippen LogP contribution is 2.31. The number of rotatable bonds is 4. The Balaban J connectivity index is 2.21. The van der Waals surface area contributed by atoms with E-state index in [0.29, 0.717) is 16.7 Å². The summed E-state index contributed by atoms with van der Waals surface area (Å²) in [6, 6.07) is 5.52. The minimum absolute atomic E-state index is 0.0692. The first kappa shape index (κ1) is 12.4. The van der Waals surface area contributed by atoms with E-state index in [1.165, 1.54) is 12.4 Å². The molecule has 0 saturated carbocycles. The van der Waals surface area contributed by atoms with E-state index >= 15 is 0 Å². The zero-order valence-electron chi connectivity index (χ0n) is 9.21. The molecule has 1 N–H and O–H groups in total. The van der Waals surface area contributed by atoms with Gasteiger partial charge < -0.3 is 5.32 Å². The van der Waals surface area contributed by atoms with Crippen LogP contribution in [0.1, 0.15) is 5.69 Å². The van der Waals surface area contributed by atoms with Crippen molar-refractivity contribution in [2.75, 3.05) is 5.32 Å². The summed E-state index contributed by atoms with van der Waals surface area (Å²) in [5.41, 5.74) is 1.14. The van der Waals surface area contributed by atoms with E-state index in [1.54, 1.807) is 6.20 Å². The molecule has 0 unspecified atom stereocenters. The number of aromatic nitrogens is 2. The molecule has 0 amide bonds. The van der Waals surface area contributed by atoms with Crippen molar-refractivity contribution in [1.29, 1.82) is 0 Å². The molecule has 0 spiro atoms. The highest BCUT2D eigenvalue weighted by molar-refractivity contribution is 9.10. The molecule has 92 valence electrons. The van der Waals surface area contributed by atoms with Crippen LogP contribution in [-0.4, -0.2) is 14.9 Å². The van der Waals surface area contributed by atoms with E-state index in [-0.39, 0.29) is 5.69 Å². The minimum atomic E-state index is -0.474. The lowest BCUT2D eigenvalue weighted by atomic mass is 10.3. The van der Waals surface area contributed by atoms with Crippen LogP contribution in [0.15, 0.2) is 41.3 Å². The van der Waals surface area contributed by atoms with Crippen molar-refractivity contribution in [3.63, 3.8) is 0 Å². The quantitative estimate of drug-likeness (QED) is 0.694. The molecule has 0 saturated heterocycles. The molecular formula is C11H9BrN4O2. The Morgan fingerprint density at radius 2 is 2.22 bits per heavy atom. The molecule has 2 heterocycles. The van der Waals surface area contributed by atoms with Gasteiger partial charge >= 0.3 is 5.69 Å². The zero-order valence-corrected chi connectivity index (χ0v) is 10.8. The molecule has 0 aliphatic rings. The molecule has 2 aromatic heterocycles. The number of pyridine rings is 2. The fraction of sp³-hybridized carbons (Fsp3) is 0.0909. The lowest BCUT2D eigenvalue weighted by Gasteiger charge is -2.07. The second-order valence-electron chi connectivity index (χ2n) is 3.45.